The molecule has 0 aliphatic heterocycles. The summed E-state index contributed by atoms with van der Waals surface area (Å²) in [5.41, 5.74) is 3.63. The number of nitrogens with one attached hydrogen (secondary N) is 1. The summed E-state index contributed by atoms with van der Waals surface area (Å²) in [5.74, 6) is 0.184. The first-order valence-corrected chi connectivity index (χ1v) is 7.27. The van der Waals surface area contributed by atoms with Crippen molar-refractivity contribution in [2.75, 3.05) is 0 Å². The Morgan fingerprint density at radius 3 is 2.48 bits per heavy atom. The van der Waals surface area contributed by atoms with E-state index in [0.29, 0.717) is 11.3 Å². The van der Waals surface area contributed by atoms with Gasteiger partial charge >= 0.3 is 0 Å². The van der Waals surface area contributed by atoms with Crippen LogP contribution in [0.15, 0.2) is 58.3 Å². The highest BCUT2D eigenvalue weighted by Crippen LogP contribution is 2.17. The van der Waals surface area contributed by atoms with Crippen molar-refractivity contribution in [2.45, 2.75) is 13.8 Å². The van der Waals surface area contributed by atoms with E-state index in [4.69, 9.17) is 0 Å². The Hall–Kier alpha value is -3.08. The van der Waals surface area contributed by atoms with Gasteiger partial charge in [0, 0.05) is 11.9 Å². The zero-order chi connectivity index (χ0) is 16.4. The highest BCUT2D eigenvalue weighted by atomic mass is 16.3. The molecule has 0 amide bonds. The lowest BCUT2D eigenvalue weighted by molar-refractivity contribution is 0.475. The monoisotopic (exact) mass is 307 g/mol. The molecule has 0 saturated heterocycles. The van der Waals surface area contributed by atoms with Gasteiger partial charge < -0.3 is 5.11 Å². The van der Waals surface area contributed by atoms with Crippen molar-refractivity contribution in [3.63, 3.8) is 0 Å². The minimum absolute atomic E-state index is 0.140. The van der Waals surface area contributed by atoms with Gasteiger partial charge in [-0.05, 0) is 49.7 Å². The molecule has 0 aliphatic carbocycles. The second kappa shape index (κ2) is 5.96. The van der Waals surface area contributed by atoms with Gasteiger partial charge in [0.2, 0.25) is 0 Å². The van der Waals surface area contributed by atoms with Crippen LogP contribution in [0.1, 0.15) is 16.8 Å². The minimum Gasteiger partial charge on any atom is -0.508 e. The molecule has 2 N–H and O–H groups in total. The van der Waals surface area contributed by atoms with E-state index in [9.17, 15) is 9.90 Å². The molecular formula is C18H17N3O2. The molecule has 0 saturated carbocycles. The third kappa shape index (κ3) is 2.94. The number of para-hydroxylation sites is 1. The van der Waals surface area contributed by atoms with Gasteiger partial charge in [0.15, 0.2) is 0 Å². The molecule has 0 fully saturated rings. The number of aromatic hydroxyl groups is 1. The number of H-pyrrole nitrogens is 1. The number of hydrogen-bond acceptors (Lipinski definition) is 3. The van der Waals surface area contributed by atoms with Gasteiger partial charge in [-0.3, -0.25) is 14.9 Å². The molecule has 0 atom stereocenters. The molecule has 2 aromatic carbocycles. The number of benzene rings is 2. The van der Waals surface area contributed by atoms with Crippen molar-refractivity contribution >= 4 is 11.9 Å². The SMILES string of the molecule is Cc1ccccc1-n1[nH]c(C)c(C=Nc2ccc(O)cc2)c1=O. The fourth-order valence-electron chi connectivity index (χ4n) is 2.37. The Labute approximate surface area is 133 Å². The lowest BCUT2D eigenvalue weighted by Crippen LogP contribution is -2.18. The van der Waals surface area contributed by atoms with Crippen LogP contribution in [0.4, 0.5) is 5.69 Å². The van der Waals surface area contributed by atoms with Crippen molar-refractivity contribution in [2.24, 2.45) is 4.99 Å². The van der Waals surface area contributed by atoms with Crippen LogP contribution in [0.2, 0.25) is 0 Å². The van der Waals surface area contributed by atoms with Crippen LogP contribution in [0.5, 0.6) is 5.75 Å². The first-order valence-electron chi connectivity index (χ1n) is 7.27. The van der Waals surface area contributed by atoms with Gasteiger partial charge in [0.25, 0.3) is 5.56 Å². The predicted molar refractivity (Wildman–Crippen MR) is 91.2 cm³/mol. The number of hydrogen-bond donors (Lipinski definition) is 2. The molecule has 1 heterocycles. The van der Waals surface area contributed by atoms with Crippen molar-refractivity contribution < 1.29 is 5.11 Å². The number of phenols is 1. The molecule has 5 heteroatoms. The van der Waals surface area contributed by atoms with E-state index in [1.807, 2.05) is 38.1 Å². The van der Waals surface area contributed by atoms with Crippen LogP contribution in [-0.4, -0.2) is 21.1 Å². The molecule has 3 aromatic rings. The highest BCUT2D eigenvalue weighted by Gasteiger charge is 2.11. The van der Waals surface area contributed by atoms with Crippen LogP contribution < -0.4 is 5.56 Å². The van der Waals surface area contributed by atoms with Gasteiger partial charge in [0.1, 0.15) is 5.75 Å². The third-order valence-electron chi connectivity index (χ3n) is 3.67. The highest BCUT2D eigenvalue weighted by molar-refractivity contribution is 5.83. The fraction of sp³-hybridized carbons (Fsp3) is 0.111. The summed E-state index contributed by atoms with van der Waals surface area (Å²) in [6.07, 6.45) is 1.55. The molecular weight excluding hydrogens is 290 g/mol. The summed E-state index contributed by atoms with van der Waals surface area (Å²) in [6.45, 7) is 3.80. The van der Waals surface area contributed by atoms with E-state index < -0.39 is 0 Å². The van der Waals surface area contributed by atoms with Gasteiger partial charge in [-0.2, -0.15) is 0 Å². The Morgan fingerprint density at radius 1 is 1.09 bits per heavy atom. The Morgan fingerprint density at radius 2 is 1.78 bits per heavy atom. The normalized spacial score (nSPS) is 11.2. The van der Waals surface area contributed by atoms with Crippen molar-refractivity contribution in [1.82, 2.24) is 9.78 Å². The summed E-state index contributed by atoms with van der Waals surface area (Å²) >= 11 is 0. The molecule has 0 spiro atoms. The quantitative estimate of drug-likeness (QED) is 0.729. The molecule has 23 heavy (non-hydrogen) atoms. The Bertz CT molecular complexity index is 918. The third-order valence-corrected chi connectivity index (χ3v) is 3.67. The van der Waals surface area contributed by atoms with E-state index in [1.54, 1.807) is 30.5 Å². The molecule has 0 unspecified atom stereocenters. The van der Waals surface area contributed by atoms with Crippen LogP contribution in [-0.2, 0) is 0 Å². The van der Waals surface area contributed by atoms with Crippen LogP contribution in [0, 0.1) is 13.8 Å². The number of aromatic nitrogens is 2. The van der Waals surface area contributed by atoms with E-state index in [0.717, 1.165) is 16.9 Å². The molecule has 5 nitrogen and oxygen atoms in total. The summed E-state index contributed by atoms with van der Waals surface area (Å²) in [5, 5.41) is 12.4. The topological polar surface area (TPSA) is 70.4 Å². The molecule has 0 bridgehead atoms. The summed E-state index contributed by atoms with van der Waals surface area (Å²) in [7, 11) is 0. The van der Waals surface area contributed by atoms with Crippen LogP contribution in [0.3, 0.4) is 0 Å². The Balaban J connectivity index is 2.00. The maximum absolute atomic E-state index is 12.6. The molecule has 1 aromatic heterocycles. The zero-order valence-electron chi connectivity index (χ0n) is 12.9. The van der Waals surface area contributed by atoms with E-state index >= 15 is 0 Å². The molecule has 0 radical (unpaired) electrons. The molecule has 3 rings (SSSR count). The van der Waals surface area contributed by atoms with E-state index in [1.165, 1.54) is 4.68 Å². The maximum Gasteiger partial charge on any atom is 0.280 e. The number of rotatable bonds is 3. The second-order valence-electron chi connectivity index (χ2n) is 5.35. The van der Waals surface area contributed by atoms with Gasteiger partial charge in [-0.25, -0.2) is 4.68 Å². The van der Waals surface area contributed by atoms with Crippen molar-refractivity contribution in [3.05, 3.63) is 75.7 Å². The predicted octanol–water partition coefficient (Wildman–Crippen LogP) is 3.24. The number of aryl methyl sites for hydroxylation is 2. The number of aliphatic imine (C=N–C) groups is 1. The van der Waals surface area contributed by atoms with Gasteiger partial charge in [-0.15, -0.1) is 0 Å². The summed E-state index contributed by atoms with van der Waals surface area (Å²) in [4.78, 5) is 16.9. The average Bonchev–Trinajstić information content (AvgIpc) is 2.82. The average molecular weight is 307 g/mol. The molecule has 0 aliphatic rings. The van der Waals surface area contributed by atoms with Crippen LogP contribution >= 0.6 is 0 Å². The number of nitrogens with zero attached hydrogens (tertiary/aromatic N) is 2. The lowest BCUT2D eigenvalue weighted by atomic mass is 10.2. The number of phenolic OH excluding ortho intramolecular Hbond substituents is 1. The standard InChI is InChI=1S/C18H17N3O2/c1-12-5-3-4-6-17(12)21-18(23)16(13(2)20-21)11-19-14-7-9-15(22)10-8-14/h3-11,20,22H,1-2H3. The van der Waals surface area contributed by atoms with Gasteiger partial charge in [0.05, 0.1) is 16.9 Å². The fourth-order valence-corrected chi connectivity index (χ4v) is 2.37. The van der Waals surface area contributed by atoms with Crippen LogP contribution in [0.25, 0.3) is 5.69 Å². The molecule has 116 valence electrons. The number of aromatic amines is 1. The first kappa shape index (κ1) is 14.8. The van der Waals surface area contributed by atoms with Gasteiger partial charge in [-0.1, -0.05) is 18.2 Å². The smallest absolute Gasteiger partial charge is 0.280 e. The van der Waals surface area contributed by atoms with Crippen molar-refractivity contribution in [1.29, 1.82) is 0 Å². The largest absolute Gasteiger partial charge is 0.508 e. The van der Waals surface area contributed by atoms with E-state index in [2.05, 4.69) is 10.1 Å². The summed E-state index contributed by atoms with van der Waals surface area (Å²) in [6, 6.07) is 14.2. The second-order valence-corrected chi connectivity index (χ2v) is 5.35. The maximum atomic E-state index is 12.6. The Kier molecular flexibility index (Phi) is 3.85. The van der Waals surface area contributed by atoms with Crippen molar-refractivity contribution in [3.8, 4) is 11.4 Å². The van der Waals surface area contributed by atoms with E-state index in [-0.39, 0.29) is 11.3 Å². The lowest BCUT2D eigenvalue weighted by Gasteiger charge is -2.04. The first-order chi connectivity index (χ1) is 11.1. The minimum atomic E-state index is -0.140. The summed E-state index contributed by atoms with van der Waals surface area (Å²) < 4.78 is 1.53. The zero-order valence-corrected chi connectivity index (χ0v) is 12.9.